The number of furan rings is 1. The van der Waals surface area contributed by atoms with E-state index in [2.05, 4.69) is 61.5 Å². The van der Waals surface area contributed by atoms with E-state index in [1.54, 1.807) is 0 Å². The van der Waals surface area contributed by atoms with Gasteiger partial charge in [-0.25, -0.2) is 0 Å². The number of benzene rings is 3. The van der Waals surface area contributed by atoms with Crippen molar-refractivity contribution in [1.29, 1.82) is 0 Å². The molecule has 4 rings (SSSR count). The fourth-order valence-corrected chi connectivity index (χ4v) is 2.88. The molecule has 0 radical (unpaired) electrons. The summed E-state index contributed by atoms with van der Waals surface area (Å²) in [5.74, 6) is 0. The first kappa shape index (κ1) is 12.2. The lowest BCUT2D eigenvalue weighted by Gasteiger charge is -2.04. The topological polar surface area (TPSA) is 13.1 Å². The predicted molar refractivity (Wildman–Crippen MR) is 88.5 cm³/mol. The van der Waals surface area contributed by atoms with Crippen LogP contribution in [0, 0.1) is 0 Å². The molecule has 0 bridgehead atoms. The molecule has 3 aromatic carbocycles. The second-order valence-electron chi connectivity index (χ2n) is 5.36. The molecule has 1 nitrogen and oxygen atoms in total. The van der Waals surface area contributed by atoms with E-state index in [0.717, 1.165) is 17.6 Å². The third-order valence-electron chi connectivity index (χ3n) is 4.05. The lowest BCUT2D eigenvalue weighted by atomic mass is 10.0. The molecule has 4 aromatic rings. The normalized spacial score (nSPS) is 11.3. The highest BCUT2D eigenvalue weighted by Crippen LogP contribution is 2.32. The van der Waals surface area contributed by atoms with Crippen LogP contribution in [0.1, 0.15) is 12.5 Å². The first-order valence-electron chi connectivity index (χ1n) is 7.36. The molecule has 0 amide bonds. The van der Waals surface area contributed by atoms with Crippen LogP contribution in [0.25, 0.3) is 33.1 Å². The highest BCUT2D eigenvalue weighted by Gasteiger charge is 2.07. The molecule has 1 heteroatoms. The van der Waals surface area contributed by atoms with Crippen LogP contribution in [-0.4, -0.2) is 0 Å². The van der Waals surface area contributed by atoms with Gasteiger partial charge in [0.1, 0.15) is 11.2 Å². The summed E-state index contributed by atoms with van der Waals surface area (Å²) in [4.78, 5) is 0. The van der Waals surface area contributed by atoms with Gasteiger partial charge in [-0.2, -0.15) is 0 Å². The highest BCUT2D eigenvalue weighted by molar-refractivity contribution is 6.05. The van der Waals surface area contributed by atoms with Crippen molar-refractivity contribution in [3.05, 3.63) is 72.3 Å². The molecule has 0 aliphatic heterocycles. The summed E-state index contributed by atoms with van der Waals surface area (Å²) in [6.45, 7) is 2.18. The minimum atomic E-state index is 0.951. The highest BCUT2D eigenvalue weighted by atomic mass is 16.3. The van der Waals surface area contributed by atoms with Gasteiger partial charge in [0, 0.05) is 10.8 Å². The average molecular weight is 272 g/mol. The Morgan fingerprint density at radius 3 is 2.43 bits per heavy atom. The monoisotopic (exact) mass is 272 g/mol. The molecule has 1 aromatic heterocycles. The van der Waals surface area contributed by atoms with Crippen LogP contribution in [0.5, 0.6) is 0 Å². The quantitative estimate of drug-likeness (QED) is 0.448. The van der Waals surface area contributed by atoms with E-state index in [0.29, 0.717) is 0 Å². The summed E-state index contributed by atoms with van der Waals surface area (Å²) >= 11 is 0. The Kier molecular flexibility index (Phi) is 2.78. The summed E-state index contributed by atoms with van der Waals surface area (Å²) in [6.07, 6.45) is 1.06. The maximum atomic E-state index is 5.97. The van der Waals surface area contributed by atoms with Crippen molar-refractivity contribution in [2.75, 3.05) is 0 Å². The standard InChI is InChI=1S/C20H16O/c1-2-14-6-5-7-15(12-14)16-10-11-18-17-8-3-4-9-19(17)21-20(18)13-16/h3-13H,2H2,1H3. The Hall–Kier alpha value is -2.54. The van der Waals surface area contributed by atoms with Crippen LogP contribution in [0.3, 0.4) is 0 Å². The van der Waals surface area contributed by atoms with Gasteiger partial charge >= 0.3 is 0 Å². The molecule has 0 atom stereocenters. The second kappa shape index (κ2) is 4.78. The number of para-hydroxylation sites is 1. The molecular formula is C20H16O. The molecule has 0 saturated heterocycles. The summed E-state index contributed by atoms with van der Waals surface area (Å²) < 4.78 is 5.97. The largest absolute Gasteiger partial charge is 0.456 e. The zero-order chi connectivity index (χ0) is 14.2. The lowest BCUT2D eigenvalue weighted by Crippen LogP contribution is -1.82. The van der Waals surface area contributed by atoms with Crippen LogP contribution >= 0.6 is 0 Å². The molecule has 21 heavy (non-hydrogen) atoms. The van der Waals surface area contributed by atoms with E-state index in [4.69, 9.17) is 4.42 Å². The van der Waals surface area contributed by atoms with E-state index < -0.39 is 0 Å². The Morgan fingerprint density at radius 1 is 0.714 bits per heavy atom. The van der Waals surface area contributed by atoms with Gasteiger partial charge in [0.2, 0.25) is 0 Å². The smallest absolute Gasteiger partial charge is 0.136 e. The van der Waals surface area contributed by atoms with Gasteiger partial charge in [-0.15, -0.1) is 0 Å². The van der Waals surface area contributed by atoms with Crippen molar-refractivity contribution in [2.24, 2.45) is 0 Å². The van der Waals surface area contributed by atoms with Crippen LogP contribution in [-0.2, 0) is 6.42 Å². The van der Waals surface area contributed by atoms with Gasteiger partial charge < -0.3 is 4.42 Å². The Balaban J connectivity index is 1.92. The third kappa shape index (κ3) is 2.02. The van der Waals surface area contributed by atoms with Gasteiger partial charge in [-0.3, -0.25) is 0 Å². The van der Waals surface area contributed by atoms with Gasteiger partial charge in [-0.1, -0.05) is 55.5 Å². The fraction of sp³-hybridized carbons (Fsp3) is 0.100. The molecule has 0 spiro atoms. The van der Waals surface area contributed by atoms with Crippen molar-refractivity contribution < 1.29 is 4.42 Å². The first-order chi connectivity index (χ1) is 10.3. The van der Waals surface area contributed by atoms with Crippen LogP contribution in [0.4, 0.5) is 0 Å². The maximum Gasteiger partial charge on any atom is 0.136 e. The number of rotatable bonds is 2. The van der Waals surface area contributed by atoms with E-state index in [1.165, 1.54) is 27.5 Å². The van der Waals surface area contributed by atoms with E-state index in [-0.39, 0.29) is 0 Å². The van der Waals surface area contributed by atoms with Gasteiger partial charge in [0.15, 0.2) is 0 Å². The number of aryl methyl sites for hydroxylation is 1. The van der Waals surface area contributed by atoms with Crippen molar-refractivity contribution in [3.63, 3.8) is 0 Å². The summed E-state index contributed by atoms with van der Waals surface area (Å²) in [6, 6.07) is 23.4. The van der Waals surface area contributed by atoms with Gasteiger partial charge in [0.05, 0.1) is 0 Å². The van der Waals surface area contributed by atoms with E-state index in [9.17, 15) is 0 Å². The van der Waals surface area contributed by atoms with Gasteiger partial charge in [-0.05, 0) is 41.3 Å². The lowest BCUT2D eigenvalue weighted by molar-refractivity contribution is 0.669. The van der Waals surface area contributed by atoms with Crippen molar-refractivity contribution in [3.8, 4) is 11.1 Å². The predicted octanol–water partition coefficient (Wildman–Crippen LogP) is 5.82. The minimum absolute atomic E-state index is 0.951. The van der Waals surface area contributed by atoms with E-state index in [1.807, 2.05) is 12.1 Å². The Bertz CT molecular complexity index is 931. The molecule has 102 valence electrons. The molecule has 0 unspecified atom stereocenters. The summed E-state index contributed by atoms with van der Waals surface area (Å²) in [5.41, 5.74) is 5.72. The van der Waals surface area contributed by atoms with Crippen molar-refractivity contribution in [1.82, 2.24) is 0 Å². The Labute approximate surface area is 123 Å². The first-order valence-corrected chi connectivity index (χ1v) is 7.36. The minimum Gasteiger partial charge on any atom is -0.456 e. The van der Waals surface area contributed by atoms with Crippen LogP contribution in [0.15, 0.2) is 71.1 Å². The number of hydrogen-bond donors (Lipinski definition) is 0. The zero-order valence-electron chi connectivity index (χ0n) is 12.0. The van der Waals surface area contributed by atoms with Crippen molar-refractivity contribution in [2.45, 2.75) is 13.3 Å². The zero-order valence-corrected chi connectivity index (χ0v) is 12.0. The van der Waals surface area contributed by atoms with Crippen molar-refractivity contribution >= 4 is 21.9 Å². The maximum absolute atomic E-state index is 5.97. The second-order valence-corrected chi connectivity index (χ2v) is 5.36. The third-order valence-corrected chi connectivity index (χ3v) is 4.05. The molecule has 1 heterocycles. The Morgan fingerprint density at radius 2 is 1.52 bits per heavy atom. The van der Waals surface area contributed by atoms with Gasteiger partial charge in [0.25, 0.3) is 0 Å². The molecule has 0 saturated carbocycles. The summed E-state index contributed by atoms with van der Waals surface area (Å²) in [7, 11) is 0. The number of fused-ring (bicyclic) bond motifs is 3. The van der Waals surface area contributed by atoms with Crippen LogP contribution in [0.2, 0.25) is 0 Å². The SMILES string of the molecule is CCc1cccc(-c2ccc3c(c2)oc2ccccc23)c1. The fourth-order valence-electron chi connectivity index (χ4n) is 2.88. The summed E-state index contributed by atoms with van der Waals surface area (Å²) in [5, 5.41) is 2.36. The molecule has 0 fully saturated rings. The molecule has 0 N–H and O–H groups in total. The number of hydrogen-bond acceptors (Lipinski definition) is 1. The van der Waals surface area contributed by atoms with E-state index >= 15 is 0 Å². The molecule has 0 aliphatic carbocycles. The molecular weight excluding hydrogens is 256 g/mol. The average Bonchev–Trinajstić information content (AvgIpc) is 2.92. The van der Waals surface area contributed by atoms with Crippen LogP contribution < -0.4 is 0 Å². The molecule has 0 aliphatic rings.